The topological polar surface area (TPSA) is 43.4 Å². The molecule has 2 rings (SSSR count). The lowest BCUT2D eigenvalue weighted by Gasteiger charge is -2.14. The minimum absolute atomic E-state index is 0.406. The van der Waals surface area contributed by atoms with Gasteiger partial charge in [-0.15, -0.1) is 11.3 Å². The fraction of sp³-hybridized carbons (Fsp3) is 0.400. The van der Waals surface area contributed by atoms with Gasteiger partial charge in [0.15, 0.2) is 11.5 Å². The Morgan fingerprint density at radius 1 is 1.29 bits per heavy atom. The largest absolute Gasteiger partial charge is 0.493 e. The van der Waals surface area contributed by atoms with Crippen LogP contribution in [0.15, 0.2) is 28.2 Å². The summed E-state index contributed by atoms with van der Waals surface area (Å²) in [6.45, 7) is 3.82. The van der Waals surface area contributed by atoms with Crippen LogP contribution in [0.2, 0.25) is 0 Å². The number of nitrogens with one attached hydrogen (secondary N) is 1. The van der Waals surface area contributed by atoms with Gasteiger partial charge in [-0.25, -0.2) is 4.98 Å². The van der Waals surface area contributed by atoms with Crippen LogP contribution in [-0.4, -0.2) is 25.7 Å². The lowest BCUT2D eigenvalue weighted by atomic mass is 10.1. The van der Waals surface area contributed by atoms with Gasteiger partial charge in [-0.3, -0.25) is 0 Å². The van der Waals surface area contributed by atoms with Crippen LogP contribution < -0.4 is 14.8 Å². The number of methoxy groups -OCH3 is 2. The van der Waals surface area contributed by atoms with E-state index < -0.39 is 0 Å². The first kappa shape index (κ1) is 16.3. The van der Waals surface area contributed by atoms with E-state index in [1.807, 2.05) is 23.7 Å². The summed E-state index contributed by atoms with van der Waals surface area (Å²) in [5.41, 5.74) is 1.14. The van der Waals surface area contributed by atoms with Crippen LogP contribution in [0, 0.1) is 0 Å². The van der Waals surface area contributed by atoms with Crippen molar-refractivity contribution in [3.63, 3.8) is 0 Å². The summed E-state index contributed by atoms with van der Waals surface area (Å²) in [7, 11) is 3.28. The molecule has 1 unspecified atom stereocenters. The summed E-state index contributed by atoms with van der Waals surface area (Å²) < 4.78 is 11.6. The van der Waals surface area contributed by atoms with E-state index in [-0.39, 0.29) is 0 Å². The van der Waals surface area contributed by atoms with Crippen molar-refractivity contribution >= 4 is 27.3 Å². The van der Waals surface area contributed by atoms with Crippen LogP contribution in [0.4, 0.5) is 0 Å². The summed E-state index contributed by atoms with van der Waals surface area (Å²) in [6, 6.07) is 3.92. The Kier molecular flexibility index (Phi) is 6.02. The lowest BCUT2D eigenvalue weighted by Crippen LogP contribution is -2.19. The number of rotatable bonds is 7. The highest BCUT2D eigenvalue weighted by atomic mass is 79.9. The molecule has 1 N–H and O–H groups in total. The molecule has 4 nitrogen and oxygen atoms in total. The van der Waals surface area contributed by atoms with Gasteiger partial charge in [0.25, 0.3) is 0 Å². The van der Waals surface area contributed by atoms with E-state index in [0.717, 1.165) is 39.6 Å². The standard InChI is InChI=1S/C15H19BrN2O2S/c1-10(15-18-4-5-21-15)8-17-9-11-6-13(19-2)14(20-3)7-12(11)16/h4-7,10,17H,8-9H2,1-3H3. The molecule has 1 atom stereocenters. The van der Waals surface area contributed by atoms with Gasteiger partial charge in [-0.2, -0.15) is 0 Å². The molecule has 21 heavy (non-hydrogen) atoms. The van der Waals surface area contributed by atoms with Gasteiger partial charge in [0, 0.05) is 35.1 Å². The molecule has 6 heteroatoms. The van der Waals surface area contributed by atoms with E-state index in [1.165, 1.54) is 0 Å². The monoisotopic (exact) mass is 370 g/mol. The zero-order valence-electron chi connectivity index (χ0n) is 12.4. The average molecular weight is 371 g/mol. The summed E-state index contributed by atoms with van der Waals surface area (Å²) in [6.07, 6.45) is 1.85. The van der Waals surface area contributed by atoms with E-state index in [4.69, 9.17) is 9.47 Å². The van der Waals surface area contributed by atoms with Crippen LogP contribution in [0.3, 0.4) is 0 Å². The maximum Gasteiger partial charge on any atom is 0.161 e. The van der Waals surface area contributed by atoms with Crippen molar-refractivity contribution < 1.29 is 9.47 Å². The Bertz CT molecular complexity index is 575. The van der Waals surface area contributed by atoms with E-state index in [0.29, 0.717) is 5.92 Å². The Hall–Kier alpha value is -1.11. The van der Waals surface area contributed by atoms with Gasteiger partial charge in [0.05, 0.1) is 19.2 Å². The summed E-state index contributed by atoms with van der Waals surface area (Å²) in [4.78, 5) is 4.34. The van der Waals surface area contributed by atoms with E-state index in [9.17, 15) is 0 Å². The van der Waals surface area contributed by atoms with Crippen molar-refractivity contribution in [3.05, 3.63) is 38.8 Å². The second-order valence-electron chi connectivity index (χ2n) is 4.70. The highest BCUT2D eigenvalue weighted by Gasteiger charge is 2.11. The molecule has 1 aromatic carbocycles. The minimum atomic E-state index is 0.406. The van der Waals surface area contributed by atoms with Gasteiger partial charge in [0.2, 0.25) is 0 Å². The average Bonchev–Trinajstić information content (AvgIpc) is 3.02. The molecule has 1 heterocycles. The van der Waals surface area contributed by atoms with Crippen molar-refractivity contribution in [1.82, 2.24) is 10.3 Å². The molecule has 0 aliphatic heterocycles. The Morgan fingerprint density at radius 2 is 2.00 bits per heavy atom. The molecule has 0 aliphatic carbocycles. The predicted octanol–water partition coefficient (Wildman–Crippen LogP) is 3.82. The molecule has 0 fully saturated rings. The smallest absolute Gasteiger partial charge is 0.161 e. The summed E-state index contributed by atoms with van der Waals surface area (Å²) in [5.74, 6) is 1.87. The van der Waals surface area contributed by atoms with Crippen LogP contribution in [-0.2, 0) is 6.54 Å². The maximum absolute atomic E-state index is 5.34. The third-order valence-corrected chi connectivity index (χ3v) is 4.94. The second kappa shape index (κ2) is 7.77. The highest BCUT2D eigenvalue weighted by molar-refractivity contribution is 9.10. The Balaban J connectivity index is 1.97. The minimum Gasteiger partial charge on any atom is -0.493 e. The Labute approximate surface area is 137 Å². The highest BCUT2D eigenvalue weighted by Crippen LogP contribution is 2.33. The molecule has 0 aliphatic rings. The molecule has 114 valence electrons. The number of ether oxygens (including phenoxy) is 2. The van der Waals surface area contributed by atoms with Crippen molar-refractivity contribution in [3.8, 4) is 11.5 Å². The second-order valence-corrected chi connectivity index (χ2v) is 6.48. The SMILES string of the molecule is COc1cc(Br)c(CNCC(C)c2nccs2)cc1OC. The number of aromatic nitrogens is 1. The van der Waals surface area contributed by atoms with Crippen molar-refractivity contribution in [2.45, 2.75) is 19.4 Å². The maximum atomic E-state index is 5.34. The fourth-order valence-electron chi connectivity index (χ4n) is 2.02. The molecule has 0 saturated heterocycles. The van der Waals surface area contributed by atoms with Crippen molar-refractivity contribution in [2.24, 2.45) is 0 Å². The first-order valence-electron chi connectivity index (χ1n) is 6.66. The molecule has 1 aromatic heterocycles. The first-order valence-corrected chi connectivity index (χ1v) is 8.33. The number of hydrogen-bond donors (Lipinski definition) is 1. The zero-order chi connectivity index (χ0) is 15.2. The molecule has 0 bridgehead atoms. The van der Waals surface area contributed by atoms with Crippen LogP contribution >= 0.6 is 27.3 Å². The lowest BCUT2D eigenvalue weighted by molar-refractivity contribution is 0.354. The number of nitrogens with zero attached hydrogens (tertiary/aromatic N) is 1. The first-order chi connectivity index (χ1) is 10.2. The molecule has 0 amide bonds. The van der Waals surface area contributed by atoms with Gasteiger partial charge in [-0.1, -0.05) is 22.9 Å². The molecule has 0 spiro atoms. The number of benzene rings is 1. The molecule has 0 saturated carbocycles. The van der Waals surface area contributed by atoms with E-state index in [2.05, 4.69) is 33.2 Å². The third kappa shape index (κ3) is 4.18. The van der Waals surface area contributed by atoms with Crippen molar-refractivity contribution in [1.29, 1.82) is 0 Å². The zero-order valence-corrected chi connectivity index (χ0v) is 14.8. The van der Waals surface area contributed by atoms with Crippen LogP contribution in [0.5, 0.6) is 11.5 Å². The summed E-state index contributed by atoms with van der Waals surface area (Å²) in [5, 5.41) is 6.63. The fourth-order valence-corrected chi connectivity index (χ4v) is 3.18. The molecule has 2 aromatic rings. The number of thiazole rings is 1. The normalized spacial score (nSPS) is 12.2. The molecule has 0 radical (unpaired) electrons. The van der Waals surface area contributed by atoms with Crippen LogP contribution in [0.1, 0.15) is 23.4 Å². The third-order valence-electron chi connectivity index (χ3n) is 3.19. The quantitative estimate of drug-likeness (QED) is 0.804. The summed E-state index contributed by atoms with van der Waals surface area (Å²) >= 11 is 5.27. The molecular weight excluding hydrogens is 352 g/mol. The van der Waals surface area contributed by atoms with Gasteiger partial charge in [0.1, 0.15) is 0 Å². The van der Waals surface area contributed by atoms with Gasteiger partial charge < -0.3 is 14.8 Å². The number of hydrogen-bond acceptors (Lipinski definition) is 5. The molecular formula is C15H19BrN2O2S. The van der Waals surface area contributed by atoms with Crippen LogP contribution in [0.25, 0.3) is 0 Å². The van der Waals surface area contributed by atoms with Gasteiger partial charge in [-0.05, 0) is 17.7 Å². The van der Waals surface area contributed by atoms with Gasteiger partial charge >= 0.3 is 0 Å². The van der Waals surface area contributed by atoms with E-state index in [1.54, 1.807) is 25.6 Å². The number of halogens is 1. The Morgan fingerprint density at radius 3 is 2.62 bits per heavy atom. The van der Waals surface area contributed by atoms with E-state index >= 15 is 0 Å². The van der Waals surface area contributed by atoms with Crippen molar-refractivity contribution in [2.75, 3.05) is 20.8 Å². The predicted molar refractivity (Wildman–Crippen MR) is 89.5 cm³/mol.